The van der Waals surface area contributed by atoms with E-state index in [4.69, 9.17) is 14.2 Å². The first-order chi connectivity index (χ1) is 12.0. The number of aromatic hydroxyl groups is 1. The van der Waals surface area contributed by atoms with Crippen LogP contribution >= 0.6 is 0 Å². The van der Waals surface area contributed by atoms with E-state index in [1.54, 1.807) is 12.1 Å². The van der Waals surface area contributed by atoms with Crippen molar-refractivity contribution >= 4 is 17.6 Å². The summed E-state index contributed by atoms with van der Waals surface area (Å²) in [6.07, 6.45) is -0.898. The SMILES string of the molecule is COc1ccc2c(c1OC)C(=O)O[C@@H]2Nc1ccc(O)cc1C(=O)O. The predicted octanol–water partition coefficient (Wildman–Crippen LogP) is 2.39. The maximum Gasteiger partial charge on any atom is 0.344 e. The van der Waals surface area contributed by atoms with E-state index >= 15 is 0 Å². The molecule has 0 spiro atoms. The molecule has 0 saturated heterocycles. The highest BCUT2D eigenvalue weighted by Gasteiger charge is 2.36. The Balaban J connectivity index is 2.01. The number of nitrogens with one attached hydrogen (secondary N) is 1. The molecule has 1 atom stereocenters. The molecule has 0 bridgehead atoms. The minimum Gasteiger partial charge on any atom is -0.508 e. The molecule has 0 aromatic heterocycles. The summed E-state index contributed by atoms with van der Waals surface area (Å²) in [6.45, 7) is 0. The van der Waals surface area contributed by atoms with Gasteiger partial charge in [-0.1, -0.05) is 0 Å². The summed E-state index contributed by atoms with van der Waals surface area (Å²) in [5.41, 5.74) is 0.762. The minimum atomic E-state index is -1.23. The van der Waals surface area contributed by atoms with Crippen molar-refractivity contribution in [3.63, 3.8) is 0 Å². The number of aromatic carboxylic acids is 1. The van der Waals surface area contributed by atoms with E-state index in [-0.39, 0.29) is 28.3 Å². The molecule has 8 nitrogen and oxygen atoms in total. The number of phenolic OH excluding ortho intramolecular Hbond substituents is 1. The van der Waals surface area contributed by atoms with Crippen LogP contribution in [0.1, 0.15) is 32.5 Å². The fourth-order valence-corrected chi connectivity index (χ4v) is 2.68. The fraction of sp³-hybridized carbons (Fsp3) is 0.176. The van der Waals surface area contributed by atoms with Gasteiger partial charge in [0, 0.05) is 5.56 Å². The van der Waals surface area contributed by atoms with Crippen LogP contribution in [0.5, 0.6) is 17.2 Å². The summed E-state index contributed by atoms with van der Waals surface area (Å²) in [4.78, 5) is 23.6. The van der Waals surface area contributed by atoms with Crippen molar-refractivity contribution in [1.29, 1.82) is 0 Å². The predicted molar refractivity (Wildman–Crippen MR) is 86.4 cm³/mol. The number of carboxylic acid groups (broad SMARTS) is 1. The number of hydrogen-bond donors (Lipinski definition) is 3. The van der Waals surface area contributed by atoms with E-state index in [1.165, 1.54) is 26.4 Å². The lowest BCUT2D eigenvalue weighted by Gasteiger charge is -2.16. The van der Waals surface area contributed by atoms with Crippen LogP contribution in [0.2, 0.25) is 0 Å². The Hall–Kier alpha value is -3.42. The second-order valence-corrected chi connectivity index (χ2v) is 5.23. The van der Waals surface area contributed by atoms with Crippen LogP contribution in [0.3, 0.4) is 0 Å². The van der Waals surface area contributed by atoms with Crippen LogP contribution in [-0.2, 0) is 4.74 Å². The Labute approximate surface area is 142 Å². The van der Waals surface area contributed by atoms with Crippen molar-refractivity contribution < 1.29 is 34.0 Å². The molecule has 2 aromatic rings. The Bertz CT molecular complexity index is 862. The Morgan fingerprint density at radius 3 is 2.60 bits per heavy atom. The van der Waals surface area contributed by atoms with E-state index in [2.05, 4.69) is 5.32 Å². The first-order valence-electron chi connectivity index (χ1n) is 7.25. The molecule has 8 heteroatoms. The van der Waals surface area contributed by atoms with Crippen molar-refractivity contribution in [3.8, 4) is 17.2 Å². The molecule has 130 valence electrons. The number of esters is 1. The molecule has 0 amide bonds. The first-order valence-corrected chi connectivity index (χ1v) is 7.25. The van der Waals surface area contributed by atoms with Crippen LogP contribution in [0.25, 0.3) is 0 Å². The molecule has 0 fully saturated rings. The lowest BCUT2D eigenvalue weighted by atomic mass is 10.1. The van der Waals surface area contributed by atoms with Crippen molar-refractivity contribution in [1.82, 2.24) is 0 Å². The minimum absolute atomic E-state index is 0.148. The van der Waals surface area contributed by atoms with Crippen molar-refractivity contribution in [3.05, 3.63) is 47.0 Å². The lowest BCUT2D eigenvalue weighted by Crippen LogP contribution is -2.13. The van der Waals surface area contributed by atoms with E-state index in [9.17, 15) is 19.8 Å². The van der Waals surface area contributed by atoms with Crippen LogP contribution in [0.15, 0.2) is 30.3 Å². The average molecular weight is 345 g/mol. The smallest absolute Gasteiger partial charge is 0.344 e. The number of cyclic esters (lactones) is 1. The molecule has 0 saturated carbocycles. The summed E-state index contributed by atoms with van der Waals surface area (Å²) >= 11 is 0. The number of carbonyl (C=O) groups is 2. The number of carbonyl (C=O) groups excluding carboxylic acids is 1. The highest BCUT2D eigenvalue weighted by Crippen LogP contribution is 2.42. The number of phenols is 1. The van der Waals surface area contributed by atoms with Crippen LogP contribution < -0.4 is 14.8 Å². The molecule has 1 aliphatic rings. The third-order valence-electron chi connectivity index (χ3n) is 3.81. The highest BCUT2D eigenvalue weighted by molar-refractivity contribution is 5.99. The van der Waals surface area contributed by atoms with Crippen LogP contribution in [0, 0.1) is 0 Å². The first kappa shape index (κ1) is 16.4. The largest absolute Gasteiger partial charge is 0.508 e. The standard InChI is InChI=1S/C17H15NO7/c1-23-12-6-4-9-13(14(12)24-2)17(22)25-15(9)18-11-5-3-8(19)7-10(11)16(20)21/h3-7,15,18-19H,1-2H3,(H,20,21)/t15-/m0/s1. The zero-order chi connectivity index (χ0) is 18.1. The van der Waals surface area contributed by atoms with Gasteiger partial charge in [0.2, 0.25) is 6.23 Å². The van der Waals surface area contributed by atoms with Crippen molar-refractivity contribution in [2.24, 2.45) is 0 Å². The number of carboxylic acids is 1. The normalized spacial score (nSPS) is 15.3. The van der Waals surface area contributed by atoms with Crippen molar-refractivity contribution in [2.45, 2.75) is 6.23 Å². The number of fused-ring (bicyclic) bond motifs is 1. The quantitative estimate of drug-likeness (QED) is 0.559. The lowest BCUT2D eigenvalue weighted by molar-refractivity contribution is 0.0435. The van der Waals surface area contributed by atoms with E-state index in [0.717, 1.165) is 6.07 Å². The average Bonchev–Trinajstić information content (AvgIpc) is 2.91. The van der Waals surface area contributed by atoms with Gasteiger partial charge < -0.3 is 29.7 Å². The third-order valence-corrected chi connectivity index (χ3v) is 3.81. The second kappa shape index (κ2) is 6.23. The zero-order valence-corrected chi connectivity index (χ0v) is 13.4. The molecule has 1 heterocycles. The van der Waals surface area contributed by atoms with E-state index in [0.29, 0.717) is 11.3 Å². The molecule has 3 N–H and O–H groups in total. The molecular formula is C17H15NO7. The Morgan fingerprint density at radius 1 is 1.20 bits per heavy atom. The summed E-state index contributed by atoms with van der Waals surface area (Å²) in [6, 6.07) is 7.10. The van der Waals surface area contributed by atoms with Gasteiger partial charge in [-0.3, -0.25) is 0 Å². The maximum atomic E-state index is 12.2. The molecule has 25 heavy (non-hydrogen) atoms. The van der Waals surface area contributed by atoms with E-state index in [1.807, 2.05) is 0 Å². The van der Waals surface area contributed by atoms with Gasteiger partial charge in [0.15, 0.2) is 11.5 Å². The monoisotopic (exact) mass is 345 g/mol. The Morgan fingerprint density at radius 2 is 1.96 bits per heavy atom. The summed E-state index contributed by atoms with van der Waals surface area (Å²) in [5, 5.41) is 21.6. The number of methoxy groups -OCH3 is 2. The summed E-state index contributed by atoms with van der Waals surface area (Å²) in [5.74, 6) is -1.39. The molecule has 0 radical (unpaired) electrons. The molecular weight excluding hydrogens is 330 g/mol. The van der Waals surface area contributed by atoms with Crippen LogP contribution in [0.4, 0.5) is 5.69 Å². The number of ether oxygens (including phenoxy) is 3. The van der Waals surface area contributed by atoms with E-state index < -0.39 is 18.2 Å². The van der Waals surface area contributed by atoms with Gasteiger partial charge in [0.25, 0.3) is 0 Å². The summed E-state index contributed by atoms with van der Waals surface area (Å²) in [7, 11) is 2.87. The molecule has 0 aliphatic carbocycles. The highest BCUT2D eigenvalue weighted by atomic mass is 16.6. The van der Waals surface area contributed by atoms with Gasteiger partial charge in [-0.15, -0.1) is 0 Å². The van der Waals surface area contributed by atoms with Gasteiger partial charge in [-0.05, 0) is 30.3 Å². The van der Waals surface area contributed by atoms with Gasteiger partial charge >= 0.3 is 11.9 Å². The number of hydrogen-bond acceptors (Lipinski definition) is 7. The number of anilines is 1. The molecule has 2 aromatic carbocycles. The molecule has 0 unspecified atom stereocenters. The molecule has 1 aliphatic heterocycles. The second-order valence-electron chi connectivity index (χ2n) is 5.23. The maximum absolute atomic E-state index is 12.2. The summed E-state index contributed by atoms with van der Waals surface area (Å²) < 4.78 is 15.7. The van der Waals surface area contributed by atoms with Gasteiger partial charge in [-0.25, -0.2) is 9.59 Å². The molecule has 3 rings (SSSR count). The Kier molecular flexibility index (Phi) is 4.10. The number of rotatable bonds is 5. The van der Waals surface area contributed by atoms with Gasteiger partial charge in [-0.2, -0.15) is 0 Å². The van der Waals surface area contributed by atoms with Crippen molar-refractivity contribution in [2.75, 3.05) is 19.5 Å². The fourth-order valence-electron chi connectivity index (χ4n) is 2.68. The third kappa shape index (κ3) is 2.78. The number of benzene rings is 2. The van der Waals surface area contributed by atoms with Gasteiger partial charge in [0.1, 0.15) is 11.3 Å². The topological polar surface area (TPSA) is 114 Å². The zero-order valence-electron chi connectivity index (χ0n) is 13.4. The van der Waals surface area contributed by atoms with Crippen LogP contribution in [-0.4, -0.2) is 36.4 Å². The van der Waals surface area contributed by atoms with Gasteiger partial charge in [0.05, 0.1) is 25.5 Å².